The molecule has 0 aromatic carbocycles. The molecule has 0 fully saturated rings. The molecule has 0 N–H and O–H groups in total. The van der Waals surface area contributed by atoms with Gasteiger partial charge >= 0.3 is 0 Å². The maximum absolute atomic E-state index is 10.3. The van der Waals surface area contributed by atoms with E-state index in [4.69, 9.17) is 4.42 Å². The molecule has 0 bridgehead atoms. The predicted octanol–water partition coefficient (Wildman–Crippen LogP) is 1.55. The molecule has 0 aliphatic heterocycles. The number of furan rings is 1. The highest BCUT2D eigenvalue weighted by molar-refractivity contribution is 5.71. The Hall–Kier alpha value is -1.97. The third-order valence-corrected chi connectivity index (χ3v) is 1.61. The molecule has 0 aliphatic rings. The molecule has 4 heteroatoms. The minimum atomic E-state index is 0.326. The average molecular weight is 174 g/mol. The molecule has 0 aliphatic carbocycles. The van der Waals surface area contributed by atoms with Gasteiger partial charge < -0.3 is 4.42 Å². The first-order chi connectivity index (χ1) is 6.40. The number of carbonyl (C=O) groups excluding carboxylic acids is 1. The van der Waals surface area contributed by atoms with Crippen LogP contribution in [0.5, 0.6) is 0 Å². The Kier molecular flexibility index (Phi) is 1.88. The minimum Gasteiger partial charge on any atom is -0.472 e. The van der Waals surface area contributed by atoms with Crippen molar-refractivity contribution in [1.82, 2.24) is 9.97 Å². The van der Waals surface area contributed by atoms with Crippen LogP contribution in [-0.2, 0) is 0 Å². The van der Waals surface area contributed by atoms with Crippen LogP contribution in [0, 0.1) is 0 Å². The van der Waals surface area contributed by atoms with Crippen LogP contribution in [-0.4, -0.2) is 16.3 Å². The highest BCUT2D eigenvalue weighted by Gasteiger charge is 2.00. The molecule has 2 aromatic rings. The van der Waals surface area contributed by atoms with Crippen molar-refractivity contribution in [2.24, 2.45) is 0 Å². The van der Waals surface area contributed by atoms with E-state index in [1.54, 1.807) is 18.6 Å². The fraction of sp³-hybridized carbons (Fsp3) is 0. The quantitative estimate of drug-likeness (QED) is 0.648. The Morgan fingerprint density at radius 3 is 2.77 bits per heavy atom. The van der Waals surface area contributed by atoms with E-state index in [1.807, 2.05) is 0 Å². The fourth-order valence-electron chi connectivity index (χ4n) is 0.958. The molecule has 0 spiro atoms. The van der Waals surface area contributed by atoms with Crippen molar-refractivity contribution in [3.63, 3.8) is 0 Å². The van der Waals surface area contributed by atoms with Gasteiger partial charge in [-0.15, -0.1) is 0 Å². The topological polar surface area (TPSA) is 56.0 Å². The molecule has 2 heterocycles. The lowest BCUT2D eigenvalue weighted by molar-refractivity contribution is 0.111. The Morgan fingerprint density at radius 2 is 2.23 bits per heavy atom. The molecule has 0 unspecified atom stereocenters. The zero-order chi connectivity index (χ0) is 9.10. The Bertz CT molecular complexity index is 392. The molecule has 64 valence electrons. The zero-order valence-corrected chi connectivity index (χ0v) is 6.68. The first-order valence-corrected chi connectivity index (χ1v) is 3.70. The summed E-state index contributed by atoms with van der Waals surface area (Å²) in [5, 5.41) is 0. The zero-order valence-electron chi connectivity index (χ0n) is 6.68. The van der Waals surface area contributed by atoms with E-state index in [9.17, 15) is 4.79 Å². The van der Waals surface area contributed by atoms with Crippen LogP contribution >= 0.6 is 0 Å². The number of hydrogen-bond donors (Lipinski definition) is 0. The summed E-state index contributed by atoms with van der Waals surface area (Å²) in [6.07, 6.45) is 6.76. The summed E-state index contributed by atoms with van der Waals surface area (Å²) >= 11 is 0. The van der Waals surface area contributed by atoms with E-state index in [0.717, 1.165) is 5.56 Å². The minimum absolute atomic E-state index is 0.326. The van der Waals surface area contributed by atoms with E-state index in [0.29, 0.717) is 17.7 Å². The lowest BCUT2D eigenvalue weighted by atomic mass is 10.2. The molecule has 0 saturated heterocycles. The summed E-state index contributed by atoms with van der Waals surface area (Å²) in [4.78, 5) is 18.2. The third-order valence-electron chi connectivity index (χ3n) is 1.61. The second-order valence-electron chi connectivity index (χ2n) is 2.46. The SMILES string of the molecule is O=Cc1cnc(-c2ccoc2)cn1. The maximum Gasteiger partial charge on any atom is 0.170 e. The van der Waals surface area contributed by atoms with Crippen LogP contribution in [0.4, 0.5) is 0 Å². The van der Waals surface area contributed by atoms with Crippen molar-refractivity contribution in [3.8, 4) is 11.3 Å². The number of rotatable bonds is 2. The Labute approximate surface area is 74.2 Å². The smallest absolute Gasteiger partial charge is 0.170 e. The van der Waals surface area contributed by atoms with E-state index in [2.05, 4.69) is 9.97 Å². The van der Waals surface area contributed by atoms with E-state index in [1.165, 1.54) is 12.4 Å². The normalized spacial score (nSPS) is 9.85. The summed E-state index contributed by atoms with van der Waals surface area (Å²) < 4.78 is 4.89. The number of hydrogen-bond acceptors (Lipinski definition) is 4. The number of nitrogens with zero attached hydrogens (tertiary/aromatic N) is 2. The van der Waals surface area contributed by atoms with Crippen molar-refractivity contribution in [3.05, 3.63) is 36.7 Å². The molecular formula is C9H6N2O2. The van der Waals surface area contributed by atoms with E-state index >= 15 is 0 Å². The van der Waals surface area contributed by atoms with Crippen LogP contribution in [0.25, 0.3) is 11.3 Å². The van der Waals surface area contributed by atoms with Gasteiger partial charge in [0.25, 0.3) is 0 Å². The summed E-state index contributed by atoms with van der Waals surface area (Å²) in [5.74, 6) is 0. The van der Waals surface area contributed by atoms with Crippen molar-refractivity contribution >= 4 is 6.29 Å². The van der Waals surface area contributed by atoms with Crippen LogP contribution in [0.1, 0.15) is 10.5 Å². The van der Waals surface area contributed by atoms with Gasteiger partial charge in [-0.3, -0.25) is 9.78 Å². The van der Waals surface area contributed by atoms with Gasteiger partial charge in [-0.05, 0) is 6.07 Å². The standard InChI is InChI=1S/C9H6N2O2/c12-5-8-3-11-9(4-10-8)7-1-2-13-6-7/h1-6H. The highest BCUT2D eigenvalue weighted by atomic mass is 16.3. The molecule has 4 nitrogen and oxygen atoms in total. The van der Waals surface area contributed by atoms with Crippen molar-refractivity contribution in [2.75, 3.05) is 0 Å². The first kappa shape index (κ1) is 7.67. The first-order valence-electron chi connectivity index (χ1n) is 3.70. The maximum atomic E-state index is 10.3. The van der Waals surface area contributed by atoms with Gasteiger partial charge in [0.1, 0.15) is 5.69 Å². The van der Waals surface area contributed by atoms with Gasteiger partial charge in [0.2, 0.25) is 0 Å². The van der Waals surface area contributed by atoms with Crippen LogP contribution in [0.3, 0.4) is 0 Å². The second kappa shape index (κ2) is 3.18. The van der Waals surface area contributed by atoms with Crippen molar-refractivity contribution in [2.45, 2.75) is 0 Å². The summed E-state index contributed by atoms with van der Waals surface area (Å²) in [6.45, 7) is 0. The molecule has 13 heavy (non-hydrogen) atoms. The number of aromatic nitrogens is 2. The Morgan fingerprint density at radius 1 is 1.31 bits per heavy atom. The summed E-state index contributed by atoms with van der Waals surface area (Å²) in [5.41, 5.74) is 1.87. The second-order valence-corrected chi connectivity index (χ2v) is 2.46. The largest absolute Gasteiger partial charge is 0.472 e. The van der Waals surface area contributed by atoms with E-state index in [-0.39, 0.29) is 0 Å². The lowest BCUT2D eigenvalue weighted by Gasteiger charge is -1.93. The average Bonchev–Trinajstić information content (AvgIpc) is 2.71. The summed E-state index contributed by atoms with van der Waals surface area (Å²) in [6, 6.07) is 1.78. The van der Waals surface area contributed by atoms with Crippen LogP contribution in [0.15, 0.2) is 35.4 Å². The molecule has 2 rings (SSSR count). The molecule has 0 atom stereocenters. The van der Waals surface area contributed by atoms with Crippen LogP contribution < -0.4 is 0 Å². The number of carbonyl (C=O) groups is 1. The van der Waals surface area contributed by atoms with E-state index < -0.39 is 0 Å². The van der Waals surface area contributed by atoms with Gasteiger partial charge in [-0.25, -0.2) is 4.98 Å². The van der Waals surface area contributed by atoms with Gasteiger partial charge in [-0.2, -0.15) is 0 Å². The summed E-state index contributed by atoms with van der Waals surface area (Å²) in [7, 11) is 0. The predicted molar refractivity (Wildman–Crippen MR) is 45.1 cm³/mol. The molecular weight excluding hydrogens is 168 g/mol. The lowest BCUT2D eigenvalue weighted by Crippen LogP contribution is -1.89. The molecule has 2 aromatic heterocycles. The fourth-order valence-corrected chi connectivity index (χ4v) is 0.958. The van der Waals surface area contributed by atoms with Gasteiger partial charge in [-0.1, -0.05) is 0 Å². The Balaban J connectivity index is 2.38. The molecule has 0 saturated carbocycles. The van der Waals surface area contributed by atoms with Crippen molar-refractivity contribution < 1.29 is 9.21 Å². The highest BCUT2D eigenvalue weighted by Crippen LogP contribution is 2.15. The molecule has 0 radical (unpaired) electrons. The van der Waals surface area contributed by atoms with Crippen LogP contribution in [0.2, 0.25) is 0 Å². The number of aldehydes is 1. The monoisotopic (exact) mass is 174 g/mol. The van der Waals surface area contributed by atoms with Gasteiger partial charge in [0, 0.05) is 5.56 Å². The third kappa shape index (κ3) is 1.46. The van der Waals surface area contributed by atoms with Gasteiger partial charge in [0.05, 0.1) is 30.6 Å². The van der Waals surface area contributed by atoms with Crippen molar-refractivity contribution in [1.29, 1.82) is 0 Å². The van der Waals surface area contributed by atoms with Gasteiger partial charge in [0.15, 0.2) is 6.29 Å². The molecule has 0 amide bonds.